The Bertz CT molecular complexity index is 365. The average molecular weight is 277 g/mol. The SMILES string of the molecule is CC(C)Cc1ccc(C(N)CSC2CCCC2)cc1. The lowest BCUT2D eigenvalue weighted by Gasteiger charge is -2.15. The predicted octanol–water partition coefficient (Wildman–Crippen LogP) is 4.56. The first-order valence-electron chi connectivity index (χ1n) is 7.61. The molecule has 1 aromatic carbocycles. The largest absolute Gasteiger partial charge is 0.323 e. The van der Waals surface area contributed by atoms with Gasteiger partial charge in [0, 0.05) is 17.0 Å². The van der Waals surface area contributed by atoms with E-state index in [2.05, 4.69) is 49.9 Å². The smallest absolute Gasteiger partial charge is 0.0386 e. The molecule has 19 heavy (non-hydrogen) atoms. The number of hydrogen-bond acceptors (Lipinski definition) is 2. The molecule has 0 aromatic heterocycles. The van der Waals surface area contributed by atoms with Crippen LogP contribution in [0, 0.1) is 5.92 Å². The summed E-state index contributed by atoms with van der Waals surface area (Å²) in [6.07, 6.45) is 6.77. The summed E-state index contributed by atoms with van der Waals surface area (Å²) in [6, 6.07) is 9.12. The minimum absolute atomic E-state index is 0.193. The number of hydrogen-bond donors (Lipinski definition) is 1. The molecule has 1 fully saturated rings. The molecule has 1 unspecified atom stereocenters. The Morgan fingerprint density at radius 2 is 1.79 bits per heavy atom. The number of benzene rings is 1. The Labute approximate surface area is 122 Å². The fourth-order valence-electron chi connectivity index (χ4n) is 2.76. The van der Waals surface area contributed by atoms with Gasteiger partial charge in [-0.1, -0.05) is 51.0 Å². The Morgan fingerprint density at radius 1 is 1.16 bits per heavy atom. The lowest BCUT2D eigenvalue weighted by molar-refractivity contribution is 0.647. The summed E-state index contributed by atoms with van der Waals surface area (Å²) in [4.78, 5) is 0. The number of rotatable bonds is 6. The third-order valence-corrected chi connectivity index (χ3v) is 5.36. The molecule has 0 radical (unpaired) electrons. The Balaban J connectivity index is 1.82. The summed E-state index contributed by atoms with van der Waals surface area (Å²) in [5.74, 6) is 1.78. The maximum absolute atomic E-state index is 6.30. The molecule has 106 valence electrons. The van der Waals surface area contributed by atoms with E-state index in [-0.39, 0.29) is 6.04 Å². The summed E-state index contributed by atoms with van der Waals surface area (Å²) < 4.78 is 0. The van der Waals surface area contributed by atoms with Gasteiger partial charge >= 0.3 is 0 Å². The molecule has 1 aliphatic carbocycles. The van der Waals surface area contributed by atoms with Gasteiger partial charge in [-0.3, -0.25) is 0 Å². The van der Waals surface area contributed by atoms with Crippen molar-refractivity contribution in [1.29, 1.82) is 0 Å². The lowest BCUT2D eigenvalue weighted by Crippen LogP contribution is -2.14. The average Bonchev–Trinajstić information content (AvgIpc) is 2.89. The van der Waals surface area contributed by atoms with E-state index in [1.807, 2.05) is 0 Å². The van der Waals surface area contributed by atoms with E-state index in [1.165, 1.54) is 36.8 Å². The van der Waals surface area contributed by atoms with Gasteiger partial charge in [-0.25, -0.2) is 0 Å². The van der Waals surface area contributed by atoms with Crippen molar-refractivity contribution in [2.75, 3.05) is 5.75 Å². The first-order valence-corrected chi connectivity index (χ1v) is 8.66. The van der Waals surface area contributed by atoms with Crippen LogP contribution >= 0.6 is 11.8 Å². The van der Waals surface area contributed by atoms with Crippen LogP contribution in [-0.4, -0.2) is 11.0 Å². The molecule has 1 saturated carbocycles. The second kappa shape index (κ2) is 7.35. The monoisotopic (exact) mass is 277 g/mol. The van der Waals surface area contributed by atoms with E-state index >= 15 is 0 Å². The molecule has 1 nitrogen and oxygen atoms in total. The molecule has 1 atom stereocenters. The minimum Gasteiger partial charge on any atom is -0.323 e. The molecule has 0 amide bonds. The van der Waals surface area contributed by atoms with Crippen LogP contribution in [0.25, 0.3) is 0 Å². The van der Waals surface area contributed by atoms with Gasteiger partial charge in [-0.15, -0.1) is 0 Å². The van der Waals surface area contributed by atoms with Gasteiger partial charge in [0.1, 0.15) is 0 Å². The molecule has 0 spiro atoms. The van der Waals surface area contributed by atoms with Gasteiger partial charge < -0.3 is 5.73 Å². The second-order valence-corrected chi connectivity index (χ2v) is 7.52. The highest BCUT2D eigenvalue weighted by atomic mass is 32.2. The Morgan fingerprint density at radius 3 is 2.37 bits per heavy atom. The Hall–Kier alpha value is -0.470. The highest BCUT2D eigenvalue weighted by molar-refractivity contribution is 7.99. The van der Waals surface area contributed by atoms with Crippen LogP contribution in [0.4, 0.5) is 0 Å². The predicted molar refractivity (Wildman–Crippen MR) is 86.6 cm³/mol. The van der Waals surface area contributed by atoms with Crippen molar-refractivity contribution < 1.29 is 0 Å². The normalized spacial score (nSPS) is 18.1. The zero-order chi connectivity index (χ0) is 13.7. The minimum atomic E-state index is 0.193. The molecule has 0 heterocycles. The molecule has 0 aliphatic heterocycles. The first-order chi connectivity index (χ1) is 9.15. The van der Waals surface area contributed by atoms with E-state index in [4.69, 9.17) is 5.73 Å². The van der Waals surface area contributed by atoms with Gasteiger partial charge in [0.2, 0.25) is 0 Å². The third kappa shape index (κ3) is 4.85. The van der Waals surface area contributed by atoms with Gasteiger partial charge in [0.25, 0.3) is 0 Å². The highest BCUT2D eigenvalue weighted by Gasteiger charge is 2.17. The van der Waals surface area contributed by atoms with E-state index in [0.29, 0.717) is 0 Å². The molecule has 0 saturated heterocycles. The van der Waals surface area contributed by atoms with E-state index < -0.39 is 0 Å². The molecular formula is C17H27NS. The molecule has 0 bridgehead atoms. The van der Waals surface area contributed by atoms with E-state index in [0.717, 1.165) is 23.3 Å². The van der Waals surface area contributed by atoms with Crippen molar-refractivity contribution in [2.24, 2.45) is 11.7 Å². The zero-order valence-electron chi connectivity index (χ0n) is 12.3. The van der Waals surface area contributed by atoms with Crippen LogP contribution in [0.1, 0.15) is 56.7 Å². The Kier molecular flexibility index (Phi) is 5.77. The van der Waals surface area contributed by atoms with Crippen LogP contribution in [0.5, 0.6) is 0 Å². The van der Waals surface area contributed by atoms with Gasteiger partial charge in [-0.2, -0.15) is 11.8 Å². The van der Waals surface area contributed by atoms with Crippen LogP contribution in [0.15, 0.2) is 24.3 Å². The summed E-state index contributed by atoms with van der Waals surface area (Å²) in [5.41, 5.74) is 9.02. The lowest BCUT2D eigenvalue weighted by atomic mass is 10.0. The van der Waals surface area contributed by atoms with Crippen LogP contribution in [0.2, 0.25) is 0 Å². The summed E-state index contributed by atoms with van der Waals surface area (Å²) in [7, 11) is 0. The maximum atomic E-state index is 6.30. The zero-order valence-corrected chi connectivity index (χ0v) is 13.1. The fraction of sp³-hybridized carbons (Fsp3) is 0.647. The molecular weight excluding hydrogens is 250 g/mol. The topological polar surface area (TPSA) is 26.0 Å². The molecule has 1 aromatic rings. The highest BCUT2D eigenvalue weighted by Crippen LogP contribution is 2.31. The second-order valence-electron chi connectivity index (χ2n) is 6.19. The quantitative estimate of drug-likeness (QED) is 0.825. The summed E-state index contributed by atoms with van der Waals surface area (Å²) in [5, 5.41) is 0.867. The number of thioether (sulfide) groups is 1. The van der Waals surface area contributed by atoms with Crippen LogP contribution < -0.4 is 5.73 Å². The van der Waals surface area contributed by atoms with Crippen molar-refractivity contribution in [1.82, 2.24) is 0 Å². The van der Waals surface area contributed by atoms with Crippen molar-refractivity contribution in [3.05, 3.63) is 35.4 Å². The van der Waals surface area contributed by atoms with Gasteiger partial charge in [-0.05, 0) is 36.3 Å². The van der Waals surface area contributed by atoms with Crippen molar-refractivity contribution in [3.63, 3.8) is 0 Å². The maximum Gasteiger partial charge on any atom is 0.0386 e. The van der Waals surface area contributed by atoms with Crippen LogP contribution in [-0.2, 0) is 6.42 Å². The van der Waals surface area contributed by atoms with E-state index in [1.54, 1.807) is 0 Å². The van der Waals surface area contributed by atoms with Crippen LogP contribution in [0.3, 0.4) is 0 Å². The summed E-state index contributed by atoms with van der Waals surface area (Å²) in [6.45, 7) is 4.52. The van der Waals surface area contributed by atoms with Crippen molar-refractivity contribution in [2.45, 2.75) is 57.2 Å². The molecule has 1 aliphatic rings. The standard InChI is InChI=1S/C17H27NS/c1-13(2)11-14-7-9-15(10-8-14)17(18)12-19-16-5-3-4-6-16/h7-10,13,16-17H,3-6,11-12,18H2,1-2H3. The third-order valence-electron chi connectivity index (χ3n) is 3.87. The van der Waals surface area contributed by atoms with Gasteiger partial charge in [0.05, 0.1) is 0 Å². The summed E-state index contributed by atoms with van der Waals surface area (Å²) >= 11 is 2.08. The molecule has 2 N–H and O–H groups in total. The van der Waals surface area contributed by atoms with Crippen molar-refractivity contribution in [3.8, 4) is 0 Å². The first kappa shape index (κ1) is 14.9. The molecule has 2 rings (SSSR count). The fourth-order valence-corrected chi connectivity index (χ4v) is 4.10. The number of nitrogens with two attached hydrogens (primary N) is 1. The van der Waals surface area contributed by atoms with E-state index in [9.17, 15) is 0 Å². The molecule has 2 heteroatoms. The van der Waals surface area contributed by atoms with Crippen molar-refractivity contribution >= 4 is 11.8 Å². The van der Waals surface area contributed by atoms with Gasteiger partial charge in [0.15, 0.2) is 0 Å².